The largest absolute Gasteiger partial charge is 0.467 e. The van der Waals surface area contributed by atoms with Crippen molar-refractivity contribution >= 4 is 29.1 Å². The molecular weight excluding hydrogens is 414 g/mol. The second kappa shape index (κ2) is 8.46. The number of non-ortho nitro benzene ring substituents is 1. The van der Waals surface area contributed by atoms with Gasteiger partial charge in [-0.05, 0) is 43.3 Å². The lowest BCUT2D eigenvalue weighted by Gasteiger charge is -2.27. The summed E-state index contributed by atoms with van der Waals surface area (Å²) >= 11 is 0. The summed E-state index contributed by atoms with van der Waals surface area (Å²) in [5.41, 5.74) is 1.43. The smallest absolute Gasteiger partial charge is 0.269 e. The lowest BCUT2D eigenvalue weighted by Crippen LogP contribution is -2.45. The second-order valence-electron chi connectivity index (χ2n) is 7.44. The molecule has 0 aliphatic carbocycles. The van der Waals surface area contributed by atoms with Crippen LogP contribution >= 0.6 is 0 Å². The number of carbonyl (C=O) groups excluding carboxylic acids is 3. The summed E-state index contributed by atoms with van der Waals surface area (Å²) in [4.78, 5) is 52.0. The molecule has 32 heavy (non-hydrogen) atoms. The first kappa shape index (κ1) is 21.0. The Balaban J connectivity index is 1.66. The molecule has 2 aromatic carbocycles. The monoisotopic (exact) mass is 433 g/mol. The van der Waals surface area contributed by atoms with Crippen LogP contribution < -0.4 is 4.90 Å². The van der Waals surface area contributed by atoms with E-state index in [2.05, 4.69) is 0 Å². The molecule has 1 fully saturated rings. The molecule has 9 heteroatoms. The number of imide groups is 1. The SMILES string of the molecule is Cc1ccc(N2C(=O)CC(N(Cc3ccco3)C(=O)c3ccc([N+](=O)[O-])cc3)C2=O)cc1. The van der Waals surface area contributed by atoms with Crippen LogP contribution in [0, 0.1) is 17.0 Å². The van der Waals surface area contributed by atoms with Crippen molar-refractivity contribution in [3.63, 3.8) is 0 Å². The highest BCUT2D eigenvalue weighted by atomic mass is 16.6. The number of nitrogens with zero attached hydrogens (tertiary/aromatic N) is 3. The van der Waals surface area contributed by atoms with Crippen LogP contribution in [0.3, 0.4) is 0 Å². The minimum atomic E-state index is -1.03. The first-order valence-electron chi connectivity index (χ1n) is 9.86. The molecule has 2 heterocycles. The van der Waals surface area contributed by atoms with E-state index in [1.165, 1.54) is 35.4 Å². The van der Waals surface area contributed by atoms with E-state index in [-0.39, 0.29) is 24.2 Å². The Hall–Kier alpha value is -4.27. The molecule has 1 aliphatic heterocycles. The fraction of sp³-hybridized carbons (Fsp3) is 0.174. The number of anilines is 1. The number of aryl methyl sites for hydroxylation is 1. The van der Waals surface area contributed by atoms with Crippen LogP contribution in [-0.4, -0.2) is 33.6 Å². The second-order valence-corrected chi connectivity index (χ2v) is 7.44. The summed E-state index contributed by atoms with van der Waals surface area (Å²) in [5, 5.41) is 10.9. The van der Waals surface area contributed by atoms with Crippen molar-refractivity contribution in [3.05, 3.63) is 93.9 Å². The van der Waals surface area contributed by atoms with Crippen LogP contribution in [0.1, 0.15) is 28.1 Å². The highest BCUT2D eigenvalue weighted by molar-refractivity contribution is 6.23. The minimum absolute atomic E-state index is 0.0335. The van der Waals surface area contributed by atoms with E-state index in [0.717, 1.165) is 10.5 Å². The Morgan fingerprint density at radius 3 is 2.41 bits per heavy atom. The van der Waals surface area contributed by atoms with Crippen molar-refractivity contribution in [2.75, 3.05) is 4.90 Å². The lowest BCUT2D eigenvalue weighted by molar-refractivity contribution is -0.384. The minimum Gasteiger partial charge on any atom is -0.467 e. The first-order chi connectivity index (χ1) is 15.3. The maximum atomic E-state index is 13.3. The number of carbonyl (C=O) groups is 3. The van der Waals surface area contributed by atoms with Gasteiger partial charge in [-0.25, -0.2) is 4.90 Å². The molecule has 162 valence electrons. The van der Waals surface area contributed by atoms with Crippen molar-refractivity contribution in [3.8, 4) is 0 Å². The molecule has 1 atom stereocenters. The summed E-state index contributed by atoms with van der Waals surface area (Å²) in [6.07, 6.45) is 1.27. The van der Waals surface area contributed by atoms with Crippen LogP contribution in [0.2, 0.25) is 0 Å². The Morgan fingerprint density at radius 2 is 1.81 bits per heavy atom. The number of hydrogen-bond acceptors (Lipinski definition) is 6. The fourth-order valence-electron chi connectivity index (χ4n) is 3.61. The molecule has 9 nitrogen and oxygen atoms in total. The van der Waals surface area contributed by atoms with E-state index < -0.39 is 28.7 Å². The summed E-state index contributed by atoms with van der Waals surface area (Å²) < 4.78 is 5.35. The zero-order valence-electron chi connectivity index (χ0n) is 17.1. The van der Waals surface area contributed by atoms with Gasteiger partial charge in [-0.15, -0.1) is 0 Å². The van der Waals surface area contributed by atoms with Crippen LogP contribution in [0.5, 0.6) is 0 Å². The summed E-state index contributed by atoms with van der Waals surface area (Å²) in [6.45, 7) is 1.86. The third kappa shape index (κ3) is 4.00. The molecule has 0 saturated carbocycles. The van der Waals surface area contributed by atoms with Gasteiger partial charge in [0.2, 0.25) is 5.91 Å². The number of amides is 3. The van der Waals surface area contributed by atoms with Gasteiger partial charge in [0, 0.05) is 17.7 Å². The number of hydrogen-bond donors (Lipinski definition) is 0. The van der Waals surface area contributed by atoms with Gasteiger partial charge in [0.15, 0.2) is 0 Å². The van der Waals surface area contributed by atoms with E-state index in [0.29, 0.717) is 11.4 Å². The third-order valence-corrected chi connectivity index (χ3v) is 5.28. The Morgan fingerprint density at radius 1 is 1.12 bits per heavy atom. The predicted octanol–water partition coefficient (Wildman–Crippen LogP) is 3.47. The normalized spacial score (nSPS) is 15.8. The average Bonchev–Trinajstić information content (AvgIpc) is 3.40. The highest BCUT2D eigenvalue weighted by Crippen LogP contribution is 2.28. The lowest BCUT2D eigenvalue weighted by atomic mass is 10.1. The molecule has 1 aliphatic rings. The molecule has 1 aromatic heterocycles. The van der Waals surface area contributed by atoms with E-state index in [4.69, 9.17) is 4.42 Å². The zero-order valence-corrected chi connectivity index (χ0v) is 17.1. The standard InChI is InChI=1S/C23H19N3O6/c1-15-4-8-17(9-5-15)25-21(27)13-20(23(25)29)24(14-19-3-2-12-32-19)22(28)16-6-10-18(11-7-16)26(30)31/h2-12,20H,13-14H2,1H3. The fourth-order valence-corrected chi connectivity index (χ4v) is 3.61. The van der Waals surface area contributed by atoms with Gasteiger partial charge in [0.25, 0.3) is 17.5 Å². The number of nitro groups is 1. The topological polar surface area (TPSA) is 114 Å². The molecule has 0 radical (unpaired) electrons. The van der Waals surface area contributed by atoms with Crippen molar-refractivity contribution in [1.29, 1.82) is 0 Å². The first-order valence-corrected chi connectivity index (χ1v) is 9.86. The van der Waals surface area contributed by atoms with Gasteiger partial charge in [-0.3, -0.25) is 24.5 Å². The van der Waals surface area contributed by atoms with Gasteiger partial charge >= 0.3 is 0 Å². The van der Waals surface area contributed by atoms with E-state index in [1.54, 1.807) is 36.4 Å². The maximum Gasteiger partial charge on any atom is 0.269 e. The van der Waals surface area contributed by atoms with E-state index in [1.807, 2.05) is 6.92 Å². The molecule has 0 bridgehead atoms. The Kier molecular flexibility index (Phi) is 5.55. The van der Waals surface area contributed by atoms with Gasteiger partial charge in [-0.2, -0.15) is 0 Å². The number of furan rings is 1. The van der Waals surface area contributed by atoms with Crippen molar-refractivity contribution < 1.29 is 23.7 Å². The zero-order chi connectivity index (χ0) is 22.8. The number of rotatable bonds is 6. The maximum absolute atomic E-state index is 13.3. The third-order valence-electron chi connectivity index (χ3n) is 5.28. The molecule has 1 saturated heterocycles. The number of nitro benzene ring substituents is 1. The Labute approximate surface area is 183 Å². The molecule has 0 N–H and O–H groups in total. The molecule has 3 amide bonds. The van der Waals surface area contributed by atoms with Crippen LogP contribution in [0.4, 0.5) is 11.4 Å². The summed E-state index contributed by atoms with van der Waals surface area (Å²) in [6, 6.07) is 14.3. The molecular formula is C23H19N3O6. The van der Waals surface area contributed by atoms with Gasteiger partial charge in [0.1, 0.15) is 11.8 Å². The summed E-state index contributed by atoms with van der Waals surface area (Å²) in [7, 11) is 0. The van der Waals surface area contributed by atoms with E-state index >= 15 is 0 Å². The van der Waals surface area contributed by atoms with Crippen LogP contribution in [-0.2, 0) is 16.1 Å². The highest BCUT2D eigenvalue weighted by Gasteiger charge is 2.44. The van der Waals surface area contributed by atoms with Crippen molar-refractivity contribution in [2.24, 2.45) is 0 Å². The molecule has 4 rings (SSSR count). The molecule has 3 aromatic rings. The van der Waals surface area contributed by atoms with Crippen molar-refractivity contribution in [2.45, 2.75) is 25.9 Å². The number of benzene rings is 2. The van der Waals surface area contributed by atoms with Crippen LogP contribution in [0.15, 0.2) is 71.3 Å². The molecule has 1 unspecified atom stereocenters. The van der Waals surface area contributed by atoms with Gasteiger partial charge in [0.05, 0.1) is 29.8 Å². The predicted molar refractivity (Wildman–Crippen MR) is 114 cm³/mol. The average molecular weight is 433 g/mol. The van der Waals surface area contributed by atoms with Gasteiger partial charge in [-0.1, -0.05) is 17.7 Å². The molecule has 0 spiro atoms. The van der Waals surface area contributed by atoms with Gasteiger partial charge < -0.3 is 9.32 Å². The summed E-state index contributed by atoms with van der Waals surface area (Å²) in [5.74, 6) is -1.02. The van der Waals surface area contributed by atoms with Crippen molar-refractivity contribution in [1.82, 2.24) is 4.90 Å². The Bertz CT molecular complexity index is 1170. The quantitative estimate of drug-likeness (QED) is 0.334. The van der Waals surface area contributed by atoms with Crippen LogP contribution in [0.25, 0.3) is 0 Å². The van der Waals surface area contributed by atoms with E-state index in [9.17, 15) is 24.5 Å².